The van der Waals surface area contributed by atoms with E-state index in [2.05, 4.69) is 47.0 Å². The summed E-state index contributed by atoms with van der Waals surface area (Å²) in [5, 5.41) is 4.68. The van der Waals surface area contributed by atoms with Crippen molar-refractivity contribution in [1.29, 1.82) is 0 Å². The summed E-state index contributed by atoms with van der Waals surface area (Å²) in [6.45, 7) is 7.82. The van der Waals surface area contributed by atoms with Crippen LogP contribution in [0.15, 0.2) is 9.98 Å². The fraction of sp³-hybridized carbons (Fsp3) is 0.750. The molecule has 0 fully saturated rings. The first-order valence-electron chi connectivity index (χ1n) is 5.94. The van der Waals surface area contributed by atoms with E-state index >= 15 is 0 Å². The van der Waals surface area contributed by atoms with Gasteiger partial charge in [-0.2, -0.15) is 0 Å². The molecule has 1 atom stereocenters. The Hall–Kier alpha value is 0.0700. The molecule has 0 bridgehead atoms. The molecule has 0 aliphatic heterocycles. The highest BCUT2D eigenvalue weighted by Gasteiger charge is 2.08. The van der Waals surface area contributed by atoms with Crippen molar-refractivity contribution in [3.63, 3.8) is 0 Å². The Morgan fingerprint density at radius 2 is 2.12 bits per heavy atom. The number of hydrogen-bond acceptors (Lipinski definition) is 3. The molecule has 1 heterocycles. The lowest BCUT2D eigenvalue weighted by molar-refractivity contribution is 0.497. The molecule has 0 aliphatic carbocycles. The van der Waals surface area contributed by atoms with Crippen molar-refractivity contribution < 1.29 is 0 Å². The molecule has 0 radical (unpaired) electrons. The number of rotatable bonds is 7. The Kier molecular flexibility index (Phi) is 6.54. The van der Waals surface area contributed by atoms with Gasteiger partial charge in [0.15, 0.2) is 0 Å². The van der Waals surface area contributed by atoms with Gasteiger partial charge in [0.25, 0.3) is 0 Å². The number of nitrogens with one attached hydrogen (secondary N) is 1. The zero-order chi connectivity index (χ0) is 12.0. The topological polar surface area (TPSA) is 24.9 Å². The molecule has 0 amide bonds. The second-order valence-corrected chi connectivity index (χ2v) is 7.01. The van der Waals surface area contributed by atoms with Crippen molar-refractivity contribution in [3.05, 3.63) is 15.0 Å². The number of hydrogen-bond donors (Lipinski definition) is 1. The van der Waals surface area contributed by atoms with E-state index in [-0.39, 0.29) is 0 Å². The van der Waals surface area contributed by atoms with Crippen molar-refractivity contribution in [1.82, 2.24) is 10.3 Å². The highest BCUT2D eigenvalue weighted by atomic mass is 79.9. The van der Waals surface area contributed by atoms with Gasteiger partial charge in [0, 0.05) is 0 Å². The highest BCUT2D eigenvalue weighted by Crippen LogP contribution is 2.23. The second kappa shape index (κ2) is 7.41. The van der Waals surface area contributed by atoms with Crippen LogP contribution in [0.4, 0.5) is 0 Å². The van der Waals surface area contributed by atoms with Crippen molar-refractivity contribution in [2.75, 3.05) is 6.54 Å². The Balaban J connectivity index is 2.13. The van der Waals surface area contributed by atoms with Crippen LogP contribution < -0.4 is 5.32 Å². The second-order valence-electron chi connectivity index (χ2n) is 4.57. The molecule has 1 aromatic rings. The van der Waals surface area contributed by atoms with Gasteiger partial charge >= 0.3 is 0 Å². The monoisotopic (exact) mass is 304 g/mol. The summed E-state index contributed by atoms with van der Waals surface area (Å²) < 4.78 is 1.11. The molecule has 1 rings (SSSR count). The van der Waals surface area contributed by atoms with Gasteiger partial charge < -0.3 is 5.32 Å². The fourth-order valence-corrected chi connectivity index (χ4v) is 2.82. The van der Waals surface area contributed by atoms with Crippen LogP contribution in [0.25, 0.3) is 0 Å². The molecular formula is C12H21BrN2S. The number of thiazole rings is 1. The van der Waals surface area contributed by atoms with Crippen molar-refractivity contribution >= 4 is 27.3 Å². The normalized spacial score (nSPS) is 13.3. The van der Waals surface area contributed by atoms with E-state index in [9.17, 15) is 0 Å². The van der Waals surface area contributed by atoms with Crippen LogP contribution in [-0.4, -0.2) is 11.5 Å². The first-order chi connectivity index (χ1) is 7.59. The first-order valence-corrected chi connectivity index (χ1v) is 7.55. The minimum atomic E-state index is 0.371. The maximum Gasteiger partial charge on any atom is 0.110 e. The third kappa shape index (κ3) is 5.41. The summed E-state index contributed by atoms with van der Waals surface area (Å²) in [6, 6.07) is 0.371. The summed E-state index contributed by atoms with van der Waals surface area (Å²) in [5.74, 6) is 0.826. The minimum absolute atomic E-state index is 0.371. The van der Waals surface area contributed by atoms with E-state index in [0.29, 0.717) is 6.04 Å². The molecule has 1 unspecified atom stereocenters. The van der Waals surface area contributed by atoms with Crippen molar-refractivity contribution in [2.45, 2.75) is 46.1 Å². The number of nitrogens with zero attached hydrogens (tertiary/aromatic N) is 1. The van der Waals surface area contributed by atoms with E-state index in [0.717, 1.165) is 21.3 Å². The number of unbranched alkanes of at least 4 members (excludes halogenated alkanes) is 1. The molecule has 16 heavy (non-hydrogen) atoms. The van der Waals surface area contributed by atoms with Gasteiger partial charge in [-0.25, -0.2) is 4.98 Å². The molecule has 0 aromatic carbocycles. The molecule has 2 nitrogen and oxygen atoms in total. The molecule has 0 aliphatic rings. The SMILES string of the molecule is CC(C)CCCCNC(C)c1ncc(Br)s1. The van der Waals surface area contributed by atoms with E-state index in [1.54, 1.807) is 11.3 Å². The van der Waals surface area contributed by atoms with E-state index in [1.807, 2.05) is 6.20 Å². The van der Waals surface area contributed by atoms with Crippen molar-refractivity contribution in [3.8, 4) is 0 Å². The highest BCUT2D eigenvalue weighted by molar-refractivity contribution is 9.11. The lowest BCUT2D eigenvalue weighted by Crippen LogP contribution is -2.19. The van der Waals surface area contributed by atoms with Crippen LogP contribution in [0.2, 0.25) is 0 Å². The summed E-state index contributed by atoms with van der Waals surface area (Å²) in [5.41, 5.74) is 0. The fourth-order valence-electron chi connectivity index (χ4n) is 1.55. The predicted octanol–water partition coefficient (Wildman–Crippen LogP) is 4.38. The number of aromatic nitrogens is 1. The lowest BCUT2D eigenvalue weighted by atomic mass is 10.1. The van der Waals surface area contributed by atoms with Gasteiger partial charge in [0.1, 0.15) is 5.01 Å². The molecule has 4 heteroatoms. The van der Waals surface area contributed by atoms with Crippen LogP contribution >= 0.6 is 27.3 Å². The van der Waals surface area contributed by atoms with Crippen LogP contribution in [0.3, 0.4) is 0 Å². The zero-order valence-electron chi connectivity index (χ0n) is 10.3. The molecule has 0 spiro atoms. The summed E-state index contributed by atoms with van der Waals surface area (Å²) in [7, 11) is 0. The summed E-state index contributed by atoms with van der Waals surface area (Å²) in [4.78, 5) is 4.35. The number of halogens is 1. The van der Waals surface area contributed by atoms with Crippen LogP contribution in [0, 0.1) is 5.92 Å². The average Bonchev–Trinajstić information content (AvgIpc) is 2.63. The molecule has 1 N–H and O–H groups in total. The summed E-state index contributed by atoms with van der Waals surface area (Å²) >= 11 is 5.15. The molecule has 0 saturated heterocycles. The van der Waals surface area contributed by atoms with Crippen LogP contribution in [0.5, 0.6) is 0 Å². The molecule has 0 saturated carbocycles. The molecular weight excluding hydrogens is 284 g/mol. The molecule has 1 aromatic heterocycles. The quantitative estimate of drug-likeness (QED) is 0.756. The Labute approximate surface area is 111 Å². The van der Waals surface area contributed by atoms with Gasteiger partial charge in [-0.3, -0.25) is 0 Å². The van der Waals surface area contributed by atoms with Gasteiger partial charge in [-0.15, -0.1) is 11.3 Å². The predicted molar refractivity (Wildman–Crippen MR) is 74.9 cm³/mol. The van der Waals surface area contributed by atoms with E-state index in [1.165, 1.54) is 19.3 Å². The lowest BCUT2D eigenvalue weighted by Gasteiger charge is -2.11. The van der Waals surface area contributed by atoms with Gasteiger partial charge in [0.2, 0.25) is 0 Å². The van der Waals surface area contributed by atoms with Crippen LogP contribution in [0.1, 0.15) is 51.1 Å². The van der Waals surface area contributed by atoms with Gasteiger partial charge in [0.05, 0.1) is 16.0 Å². The van der Waals surface area contributed by atoms with Crippen molar-refractivity contribution in [2.24, 2.45) is 5.92 Å². The first kappa shape index (κ1) is 14.1. The van der Waals surface area contributed by atoms with Crippen LogP contribution in [-0.2, 0) is 0 Å². The third-order valence-corrected chi connectivity index (χ3v) is 4.18. The van der Waals surface area contributed by atoms with E-state index in [4.69, 9.17) is 0 Å². The minimum Gasteiger partial charge on any atom is -0.308 e. The summed E-state index contributed by atoms with van der Waals surface area (Å²) in [6.07, 6.45) is 5.78. The largest absolute Gasteiger partial charge is 0.308 e. The Morgan fingerprint density at radius 3 is 2.69 bits per heavy atom. The third-order valence-electron chi connectivity index (χ3n) is 2.52. The maximum absolute atomic E-state index is 4.35. The average molecular weight is 305 g/mol. The van der Waals surface area contributed by atoms with Gasteiger partial charge in [-0.1, -0.05) is 26.7 Å². The van der Waals surface area contributed by atoms with E-state index < -0.39 is 0 Å². The Bertz CT molecular complexity index is 299. The molecule has 92 valence electrons. The maximum atomic E-state index is 4.35. The zero-order valence-corrected chi connectivity index (χ0v) is 12.7. The standard InChI is InChI=1S/C12H21BrN2S/c1-9(2)6-4-5-7-14-10(3)12-15-8-11(13)16-12/h8-10,14H,4-7H2,1-3H3. The van der Waals surface area contributed by atoms with Gasteiger partial charge in [-0.05, 0) is 41.7 Å². The smallest absolute Gasteiger partial charge is 0.110 e. The Morgan fingerprint density at radius 1 is 1.38 bits per heavy atom.